The van der Waals surface area contributed by atoms with E-state index in [9.17, 15) is 0 Å². The van der Waals surface area contributed by atoms with Gasteiger partial charge in [0.2, 0.25) is 0 Å². The minimum Gasteiger partial charge on any atom is -0.353 e. The first-order chi connectivity index (χ1) is 9.13. The average Bonchev–Trinajstić information content (AvgIpc) is 2.45. The van der Waals surface area contributed by atoms with Crippen molar-refractivity contribution in [2.45, 2.75) is 18.8 Å². The van der Waals surface area contributed by atoms with Crippen LogP contribution in [0.2, 0.25) is 5.02 Å². The minimum atomic E-state index is 0.149. The molecule has 3 nitrogen and oxygen atoms in total. The van der Waals surface area contributed by atoms with Gasteiger partial charge in [0.1, 0.15) is 12.1 Å². The van der Waals surface area contributed by atoms with Crippen LogP contribution in [0.15, 0.2) is 36.8 Å². The molecular weight excluding hydrogens is 281 g/mol. The average molecular weight is 296 g/mol. The summed E-state index contributed by atoms with van der Waals surface area (Å²) in [6.45, 7) is 2.10. The summed E-state index contributed by atoms with van der Waals surface area (Å²) in [5.41, 5.74) is 2.05. The lowest BCUT2D eigenvalue weighted by Crippen LogP contribution is -2.23. The maximum absolute atomic E-state index is 6.03. The predicted octanol–water partition coefficient (Wildman–Crippen LogP) is 4.07. The fourth-order valence-corrected chi connectivity index (χ4v) is 2.32. The fourth-order valence-electron chi connectivity index (χ4n) is 1.94. The van der Waals surface area contributed by atoms with E-state index in [1.165, 1.54) is 6.33 Å². The van der Waals surface area contributed by atoms with Gasteiger partial charge in [-0.3, -0.25) is 0 Å². The topological polar surface area (TPSA) is 29.0 Å². The summed E-state index contributed by atoms with van der Waals surface area (Å²) in [6.07, 6.45) is 3.28. The zero-order valence-electron chi connectivity index (χ0n) is 10.8. The van der Waals surface area contributed by atoms with Crippen molar-refractivity contribution in [2.75, 3.05) is 11.9 Å². The molecule has 0 radical (unpaired) electrons. The third-order valence-electron chi connectivity index (χ3n) is 3.15. The van der Waals surface area contributed by atoms with Crippen LogP contribution in [0.3, 0.4) is 0 Å². The standard InChI is InChI=1S/C14H15Cl2N3/c1-10(11-4-3-5-13(16)6-11)19(2)14-12(7-15)8-17-9-18-14/h3-6,8-10H,7H2,1-2H3. The Balaban J connectivity index is 2.30. The Labute approximate surface area is 123 Å². The van der Waals surface area contributed by atoms with Gasteiger partial charge in [-0.25, -0.2) is 9.97 Å². The lowest BCUT2D eigenvalue weighted by atomic mass is 10.1. The van der Waals surface area contributed by atoms with E-state index in [0.717, 1.165) is 22.0 Å². The van der Waals surface area contributed by atoms with E-state index in [0.29, 0.717) is 5.88 Å². The SMILES string of the molecule is CC(c1cccc(Cl)c1)N(C)c1ncncc1CCl. The van der Waals surface area contributed by atoms with Crippen molar-refractivity contribution in [1.82, 2.24) is 9.97 Å². The molecule has 0 bridgehead atoms. The van der Waals surface area contributed by atoms with E-state index in [4.69, 9.17) is 23.2 Å². The molecule has 1 heterocycles. The zero-order valence-corrected chi connectivity index (χ0v) is 12.4. The lowest BCUT2D eigenvalue weighted by molar-refractivity contribution is 0.723. The van der Waals surface area contributed by atoms with Crippen LogP contribution in [0.4, 0.5) is 5.82 Å². The first-order valence-corrected chi connectivity index (χ1v) is 6.88. The number of aromatic nitrogens is 2. The van der Waals surface area contributed by atoms with Gasteiger partial charge in [-0.2, -0.15) is 0 Å². The van der Waals surface area contributed by atoms with Gasteiger partial charge in [-0.1, -0.05) is 23.7 Å². The van der Waals surface area contributed by atoms with Crippen LogP contribution in [-0.4, -0.2) is 17.0 Å². The second-order valence-corrected chi connectivity index (χ2v) is 5.05. The Morgan fingerprint density at radius 2 is 2.16 bits per heavy atom. The van der Waals surface area contributed by atoms with Crippen LogP contribution in [0.1, 0.15) is 24.1 Å². The number of nitrogens with zero attached hydrogens (tertiary/aromatic N) is 3. The Morgan fingerprint density at radius 3 is 2.84 bits per heavy atom. The molecule has 1 unspecified atom stereocenters. The van der Waals surface area contributed by atoms with Crippen molar-refractivity contribution < 1.29 is 0 Å². The highest BCUT2D eigenvalue weighted by molar-refractivity contribution is 6.30. The van der Waals surface area contributed by atoms with Gasteiger partial charge < -0.3 is 4.90 Å². The number of alkyl halides is 1. The number of halogens is 2. The maximum atomic E-state index is 6.03. The minimum absolute atomic E-state index is 0.149. The van der Waals surface area contributed by atoms with E-state index >= 15 is 0 Å². The van der Waals surface area contributed by atoms with E-state index in [-0.39, 0.29) is 6.04 Å². The Bertz CT molecular complexity index is 560. The normalized spacial score (nSPS) is 12.2. The van der Waals surface area contributed by atoms with Crippen LogP contribution in [0.25, 0.3) is 0 Å². The summed E-state index contributed by atoms with van der Waals surface area (Å²) < 4.78 is 0. The molecule has 0 aliphatic carbocycles. The molecular formula is C14H15Cl2N3. The second kappa shape index (κ2) is 6.22. The van der Waals surface area contributed by atoms with Gasteiger partial charge in [0.05, 0.1) is 11.9 Å². The fraction of sp³-hybridized carbons (Fsp3) is 0.286. The van der Waals surface area contributed by atoms with Crippen molar-refractivity contribution in [3.05, 3.63) is 52.9 Å². The number of anilines is 1. The molecule has 100 valence electrons. The van der Waals surface area contributed by atoms with Gasteiger partial charge >= 0.3 is 0 Å². The number of rotatable bonds is 4. The molecule has 5 heteroatoms. The summed E-state index contributed by atoms with van der Waals surface area (Å²) in [6, 6.07) is 7.98. The third kappa shape index (κ3) is 3.17. The molecule has 0 aliphatic rings. The molecule has 0 fully saturated rings. The van der Waals surface area contributed by atoms with Crippen molar-refractivity contribution in [2.24, 2.45) is 0 Å². The first kappa shape index (κ1) is 14.1. The van der Waals surface area contributed by atoms with E-state index in [1.54, 1.807) is 6.20 Å². The quantitative estimate of drug-likeness (QED) is 0.796. The number of hydrogen-bond acceptors (Lipinski definition) is 3. The Hall–Kier alpha value is -1.32. The Kier molecular flexibility index (Phi) is 4.61. The highest BCUT2D eigenvalue weighted by Gasteiger charge is 2.16. The molecule has 19 heavy (non-hydrogen) atoms. The van der Waals surface area contributed by atoms with Crippen LogP contribution < -0.4 is 4.90 Å². The second-order valence-electron chi connectivity index (χ2n) is 4.35. The third-order valence-corrected chi connectivity index (χ3v) is 3.68. The monoisotopic (exact) mass is 295 g/mol. The van der Waals surface area contributed by atoms with Gasteiger partial charge in [-0.15, -0.1) is 11.6 Å². The van der Waals surface area contributed by atoms with E-state index in [1.807, 2.05) is 25.2 Å². The molecule has 1 atom stereocenters. The molecule has 1 aromatic carbocycles. The zero-order chi connectivity index (χ0) is 13.8. The van der Waals surface area contributed by atoms with Gasteiger partial charge in [0, 0.05) is 23.8 Å². The molecule has 0 amide bonds. The van der Waals surface area contributed by atoms with Crippen LogP contribution in [0, 0.1) is 0 Å². The van der Waals surface area contributed by atoms with Crippen molar-refractivity contribution in [1.29, 1.82) is 0 Å². The van der Waals surface area contributed by atoms with Crippen molar-refractivity contribution >= 4 is 29.0 Å². The van der Waals surface area contributed by atoms with Crippen LogP contribution in [0.5, 0.6) is 0 Å². The number of benzene rings is 1. The van der Waals surface area contributed by atoms with Crippen molar-refractivity contribution in [3.63, 3.8) is 0 Å². The summed E-state index contributed by atoms with van der Waals surface area (Å²) in [5.74, 6) is 1.24. The highest BCUT2D eigenvalue weighted by Crippen LogP contribution is 2.27. The first-order valence-electron chi connectivity index (χ1n) is 5.96. The molecule has 2 aromatic rings. The van der Waals surface area contributed by atoms with Crippen molar-refractivity contribution in [3.8, 4) is 0 Å². The largest absolute Gasteiger partial charge is 0.353 e. The summed E-state index contributed by atoms with van der Waals surface area (Å²) in [7, 11) is 1.99. The summed E-state index contributed by atoms with van der Waals surface area (Å²) in [4.78, 5) is 10.4. The molecule has 0 N–H and O–H groups in total. The van der Waals surface area contributed by atoms with Gasteiger partial charge in [-0.05, 0) is 24.6 Å². The molecule has 2 rings (SSSR count). The van der Waals surface area contributed by atoms with Gasteiger partial charge in [0.25, 0.3) is 0 Å². The van der Waals surface area contributed by atoms with Gasteiger partial charge in [0.15, 0.2) is 0 Å². The van der Waals surface area contributed by atoms with Crippen LogP contribution in [-0.2, 0) is 5.88 Å². The molecule has 1 aromatic heterocycles. The number of hydrogen-bond donors (Lipinski definition) is 0. The van der Waals surface area contributed by atoms with E-state index in [2.05, 4.69) is 27.9 Å². The summed E-state index contributed by atoms with van der Waals surface area (Å²) >= 11 is 12.0. The lowest BCUT2D eigenvalue weighted by Gasteiger charge is -2.27. The maximum Gasteiger partial charge on any atom is 0.136 e. The molecule has 0 saturated heterocycles. The highest BCUT2D eigenvalue weighted by atomic mass is 35.5. The molecule has 0 saturated carbocycles. The van der Waals surface area contributed by atoms with E-state index < -0.39 is 0 Å². The van der Waals surface area contributed by atoms with Crippen LogP contribution >= 0.6 is 23.2 Å². The summed E-state index contributed by atoms with van der Waals surface area (Å²) in [5, 5.41) is 0.734. The molecule has 0 spiro atoms. The Morgan fingerprint density at radius 1 is 1.37 bits per heavy atom. The predicted molar refractivity (Wildman–Crippen MR) is 79.9 cm³/mol. The molecule has 0 aliphatic heterocycles. The smallest absolute Gasteiger partial charge is 0.136 e.